The van der Waals surface area contributed by atoms with Gasteiger partial charge in [-0.3, -0.25) is 4.79 Å². The second-order valence-electron chi connectivity index (χ2n) is 6.18. The van der Waals surface area contributed by atoms with Gasteiger partial charge in [0.05, 0.1) is 11.3 Å². The van der Waals surface area contributed by atoms with Gasteiger partial charge in [-0.05, 0) is 36.2 Å². The van der Waals surface area contributed by atoms with E-state index in [4.69, 9.17) is 10.00 Å². The van der Waals surface area contributed by atoms with Crippen molar-refractivity contribution in [2.75, 3.05) is 5.32 Å². The van der Waals surface area contributed by atoms with E-state index in [0.29, 0.717) is 17.0 Å². The Bertz CT molecular complexity index is 961. The van der Waals surface area contributed by atoms with Gasteiger partial charge in [-0.1, -0.05) is 60.7 Å². The van der Waals surface area contributed by atoms with E-state index in [1.807, 2.05) is 42.5 Å². The third kappa shape index (κ3) is 4.74. The topological polar surface area (TPSA) is 62.1 Å². The molecule has 0 unspecified atom stereocenters. The summed E-state index contributed by atoms with van der Waals surface area (Å²) in [6.07, 6.45) is 0.0245. The number of nitrogens with zero attached hydrogens (tertiary/aromatic N) is 1. The summed E-state index contributed by atoms with van der Waals surface area (Å²) in [5.74, 6) is 0.379. The predicted molar refractivity (Wildman–Crippen MR) is 106 cm³/mol. The minimum absolute atomic E-state index is 0.299. The van der Waals surface area contributed by atoms with Crippen molar-refractivity contribution in [1.29, 1.82) is 5.26 Å². The van der Waals surface area contributed by atoms with Crippen LogP contribution >= 0.6 is 0 Å². The summed E-state index contributed by atoms with van der Waals surface area (Å²) in [5, 5.41) is 11.9. The van der Waals surface area contributed by atoms with Crippen molar-refractivity contribution in [3.05, 3.63) is 95.6 Å². The van der Waals surface area contributed by atoms with E-state index in [2.05, 4.69) is 23.5 Å². The lowest BCUT2D eigenvalue weighted by Gasteiger charge is -2.17. The average molecular weight is 356 g/mol. The number of carbonyl (C=O) groups is 1. The van der Waals surface area contributed by atoms with Gasteiger partial charge in [-0.25, -0.2) is 0 Å². The molecule has 1 N–H and O–H groups in total. The number of anilines is 1. The van der Waals surface area contributed by atoms with E-state index in [-0.39, 0.29) is 5.91 Å². The summed E-state index contributed by atoms with van der Waals surface area (Å²) in [6.45, 7) is 1.70. The molecule has 0 aliphatic heterocycles. The maximum Gasteiger partial charge on any atom is 0.265 e. The Morgan fingerprint density at radius 1 is 1.00 bits per heavy atom. The Morgan fingerprint density at radius 2 is 1.67 bits per heavy atom. The van der Waals surface area contributed by atoms with Crippen LogP contribution in [0.4, 0.5) is 5.69 Å². The number of ether oxygens (including phenoxy) is 1. The van der Waals surface area contributed by atoms with Gasteiger partial charge >= 0.3 is 0 Å². The third-order valence-corrected chi connectivity index (χ3v) is 4.19. The molecule has 27 heavy (non-hydrogen) atoms. The standard InChI is InChI=1S/C23H20N2O2/c1-17(23(26)25-21-13-7-5-12-20(21)16-24)27-22-14-8-6-11-19(22)15-18-9-3-2-4-10-18/h2-14,17H,15H2,1H3,(H,25,26)/t17-/m0/s1. The third-order valence-electron chi connectivity index (χ3n) is 4.19. The van der Waals surface area contributed by atoms with Gasteiger partial charge in [0.2, 0.25) is 0 Å². The van der Waals surface area contributed by atoms with Crippen LogP contribution in [0, 0.1) is 11.3 Å². The zero-order valence-corrected chi connectivity index (χ0v) is 15.1. The summed E-state index contributed by atoms with van der Waals surface area (Å²) >= 11 is 0. The monoisotopic (exact) mass is 356 g/mol. The van der Waals surface area contributed by atoms with E-state index >= 15 is 0 Å². The molecule has 0 fully saturated rings. The van der Waals surface area contributed by atoms with Crippen molar-refractivity contribution in [2.45, 2.75) is 19.4 Å². The first-order valence-corrected chi connectivity index (χ1v) is 8.76. The van der Waals surface area contributed by atoms with Crippen LogP contribution in [0.2, 0.25) is 0 Å². The molecule has 4 nitrogen and oxygen atoms in total. The first-order chi connectivity index (χ1) is 13.2. The lowest BCUT2D eigenvalue weighted by molar-refractivity contribution is -0.122. The van der Waals surface area contributed by atoms with Gasteiger partial charge in [0.25, 0.3) is 5.91 Å². The van der Waals surface area contributed by atoms with E-state index in [1.54, 1.807) is 31.2 Å². The van der Waals surface area contributed by atoms with Gasteiger partial charge in [-0.15, -0.1) is 0 Å². The minimum atomic E-state index is -0.700. The van der Waals surface area contributed by atoms with Crippen LogP contribution in [-0.2, 0) is 11.2 Å². The molecular formula is C23H20N2O2. The molecule has 4 heteroatoms. The van der Waals surface area contributed by atoms with E-state index < -0.39 is 6.10 Å². The highest BCUT2D eigenvalue weighted by Gasteiger charge is 2.17. The van der Waals surface area contributed by atoms with Crippen molar-refractivity contribution in [1.82, 2.24) is 0 Å². The molecule has 3 aromatic rings. The second kappa shape index (κ2) is 8.68. The van der Waals surface area contributed by atoms with Crippen LogP contribution in [0.25, 0.3) is 0 Å². The first kappa shape index (κ1) is 18.2. The van der Waals surface area contributed by atoms with Gasteiger partial charge < -0.3 is 10.1 Å². The number of carbonyl (C=O) groups excluding carboxylic acids is 1. The fourth-order valence-corrected chi connectivity index (χ4v) is 2.75. The van der Waals surface area contributed by atoms with E-state index in [0.717, 1.165) is 12.0 Å². The van der Waals surface area contributed by atoms with Gasteiger partial charge in [-0.2, -0.15) is 5.26 Å². The zero-order valence-electron chi connectivity index (χ0n) is 15.1. The maximum absolute atomic E-state index is 12.5. The summed E-state index contributed by atoms with van der Waals surface area (Å²) < 4.78 is 5.93. The first-order valence-electron chi connectivity index (χ1n) is 8.76. The van der Waals surface area contributed by atoms with Crippen molar-refractivity contribution in [3.63, 3.8) is 0 Å². The Labute approximate surface area is 159 Å². The average Bonchev–Trinajstić information content (AvgIpc) is 2.70. The van der Waals surface area contributed by atoms with Crippen LogP contribution in [-0.4, -0.2) is 12.0 Å². The van der Waals surface area contributed by atoms with Crippen molar-refractivity contribution in [3.8, 4) is 11.8 Å². The van der Waals surface area contributed by atoms with Crippen LogP contribution in [0.1, 0.15) is 23.6 Å². The molecule has 0 saturated heterocycles. The fraction of sp³-hybridized carbons (Fsp3) is 0.130. The largest absolute Gasteiger partial charge is 0.481 e. The van der Waals surface area contributed by atoms with E-state index in [9.17, 15) is 4.79 Å². The number of para-hydroxylation sites is 2. The van der Waals surface area contributed by atoms with Crippen LogP contribution < -0.4 is 10.1 Å². The Hall–Kier alpha value is -3.58. The second-order valence-corrected chi connectivity index (χ2v) is 6.18. The highest BCUT2D eigenvalue weighted by atomic mass is 16.5. The molecule has 0 saturated carbocycles. The number of nitriles is 1. The molecule has 134 valence electrons. The van der Waals surface area contributed by atoms with Crippen LogP contribution in [0.3, 0.4) is 0 Å². The van der Waals surface area contributed by atoms with Crippen molar-refractivity contribution < 1.29 is 9.53 Å². The predicted octanol–water partition coefficient (Wildman–Crippen LogP) is 4.56. The highest BCUT2D eigenvalue weighted by Crippen LogP contribution is 2.23. The van der Waals surface area contributed by atoms with Gasteiger partial charge in [0, 0.05) is 6.42 Å². The number of amides is 1. The number of benzene rings is 3. The number of nitrogens with one attached hydrogen (secondary N) is 1. The summed E-state index contributed by atoms with van der Waals surface area (Å²) in [7, 11) is 0. The molecule has 1 amide bonds. The minimum Gasteiger partial charge on any atom is -0.481 e. The molecule has 0 radical (unpaired) electrons. The lowest BCUT2D eigenvalue weighted by Crippen LogP contribution is -2.30. The van der Waals surface area contributed by atoms with Crippen molar-refractivity contribution >= 4 is 11.6 Å². The smallest absolute Gasteiger partial charge is 0.265 e. The SMILES string of the molecule is C[C@H](Oc1ccccc1Cc1ccccc1)C(=O)Nc1ccccc1C#N. The molecular weight excluding hydrogens is 336 g/mol. The summed E-state index contributed by atoms with van der Waals surface area (Å²) in [5.41, 5.74) is 3.09. The van der Waals surface area contributed by atoms with E-state index in [1.165, 1.54) is 5.56 Å². The summed E-state index contributed by atoms with van der Waals surface area (Å²) in [4.78, 5) is 12.5. The van der Waals surface area contributed by atoms with Gasteiger partial charge in [0.15, 0.2) is 6.10 Å². The Kier molecular flexibility index (Phi) is 5.86. The molecule has 3 aromatic carbocycles. The normalized spacial score (nSPS) is 11.3. The summed E-state index contributed by atoms with van der Waals surface area (Å²) in [6, 6.07) is 26.8. The highest BCUT2D eigenvalue weighted by molar-refractivity contribution is 5.95. The van der Waals surface area contributed by atoms with Crippen molar-refractivity contribution in [2.24, 2.45) is 0 Å². The Balaban J connectivity index is 1.71. The molecule has 0 aliphatic rings. The molecule has 0 heterocycles. The van der Waals surface area contributed by atoms with Gasteiger partial charge in [0.1, 0.15) is 11.8 Å². The zero-order chi connectivity index (χ0) is 19.1. The molecule has 1 atom stereocenters. The van der Waals surface area contributed by atoms with Crippen LogP contribution in [0.5, 0.6) is 5.75 Å². The van der Waals surface area contributed by atoms with Crippen LogP contribution in [0.15, 0.2) is 78.9 Å². The molecule has 0 aliphatic carbocycles. The Morgan fingerprint density at radius 3 is 2.44 bits per heavy atom. The molecule has 0 aromatic heterocycles. The quantitative estimate of drug-likeness (QED) is 0.704. The molecule has 3 rings (SSSR count). The number of hydrogen-bond donors (Lipinski definition) is 1. The molecule has 0 spiro atoms. The fourth-order valence-electron chi connectivity index (χ4n) is 2.75. The maximum atomic E-state index is 12.5. The lowest BCUT2D eigenvalue weighted by atomic mass is 10.0. The molecule has 0 bridgehead atoms. The number of rotatable bonds is 6. The number of hydrogen-bond acceptors (Lipinski definition) is 3.